The van der Waals surface area contributed by atoms with E-state index in [-0.39, 0.29) is 26.3 Å². The van der Waals surface area contributed by atoms with Gasteiger partial charge in [0.25, 0.3) is 0 Å². The molecule has 1 atom stereocenters. The van der Waals surface area contributed by atoms with E-state index in [0.717, 1.165) is 39.4 Å². The molecule has 304 valence electrons. The van der Waals surface area contributed by atoms with Gasteiger partial charge >= 0.3 is 20.1 Å². The zero-order valence-corrected chi connectivity index (χ0v) is 39.7. The van der Waals surface area contributed by atoms with Gasteiger partial charge in [-0.05, 0) is 75.6 Å². The molecule has 0 radical (unpaired) electrons. The summed E-state index contributed by atoms with van der Waals surface area (Å²) in [5.74, 6) is 1.31. The average molecular weight is 980 g/mol. The Bertz CT molecular complexity index is 2700. The quantitative estimate of drug-likeness (QED) is 0.112. The number of benzene rings is 6. The van der Waals surface area contributed by atoms with E-state index >= 15 is 0 Å². The Hall–Kier alpha value is -5.26. The standard InChI is InChI=1S/C37H33N3.C17H22NSi.Ir/c1-24(2)28-16-12-17-29(25(3)4)36(28)40-35-20-11-9-18-32(35)38-37(40)26-21-22-34-31(23-26)30-15-8-10-19-33(30)39(34)27-13-6-5-7-14-27;1-13(2)15-11-16(14-9-7-6-8-10-14)18-12-17(15)19(3,4)5;/h5-20,22-25,37H,1-4H3;6-9,11-13H,1-5H3;/q-2;-1;+3. The van der Waals surface area contributed by atoms with Crippen molar-refractivity contribution < 1.29 is 20.1 Å². The van der Waals surface area contributed by atoms with Crippen LogP contribution in [0.5, 0.6) is 0 Å². The van der Waals surface area contributed by atoms with E-state index in [1.165, 1.54) is 43.9 Å². The number of fused-ring (bicyclic) bond motifs is 4. The second-order valence-electron chi connectivity index (χ2n) is 17.7. The van der Waals surface area contributed by atoms with E-state index < -0.39 is 8.07 Å². The summed E-state index contributed by atoms with van der Waals surface area (Å²) in [6, 6.07) is 56.3. The molecule has 9 rings (SSSR count). The first kappa shape index (κ1) is 42.8. The van der Waals surface area contributed by atoms with Gasteiger partial charge in [0.15, 0.2) is 0 Å². The zero-order chi connectivity index (χ0) is 41.4. The predicted octanol–water partition coefficient (Wildman–Crippen LogP) is 14.9. The maximum absolute atomic E-state index is 5.32. The van der Waals surface area contributed by atoms with E-state index in [0.29, 0.717) is 17.8 Å². The van der Waals surface area contributed by atoms with Gasteiger partial charge < -0.3 is 19.8 Å². The van der Waals surface area contributed by atoms with Gasteiger partial charge in [0, 0.05) is 28.8 Å². The van der Waals surface area contributed by atoms with Crippen molar-refractivity contribution in [1.82, 2.24) is 9.55 Å². The molecule has 0 amide bonds. The number of hydrogen-bond acceptors (Lipinski definition) is 2. The molecule has 1 unspecified atom stereocenters. The molecule has 0 N–H and O–H groups in total. The summed E-state index contributed by atoms with van der Waals surface area (Å²) < 4.78 is 2.34. The van der Waals surface area contributed by atoms with Gasteiger partial charge in [0.2, 0.25) is 0 Å². The van der Waals surface area contributed by atoms with Gasteiger partial charge in [-0.15, -0.1) is 47.0 Å². The molecule has 2 aromatic heterocycles. The average Bonchev–Trinajstić information content (AvgIpc) is 3.79. The molecule has 0 saturated heterocycles. The van der Waals surface area contributed by atoms with Crippen LogP contribution in [0.25, 0.3) is 44.1 Å². The maximum atomic E-state index is 5.32. The fourth-order valence-electron chi connectivity index (χ4n) is 8.55. The Morgan fingerprint density at radius 3 is 1.95 bits per heavy atom. The molecule has 0 spiro atoms. The Balaban J connectivity index is 0.000000230. The first-order valence-corrected chi connectivity index (χ1v) is 24.6. The van der Waals surface area contributed by atoms with Crippen LogP contribution >= 0.6 is 0 Å². The number of hydrogen-bond donors (Lipinski definition) is 0. The van der Waals surface area contributed by atoms with Crippen molar-refractivity contribution in [3.63, 3.8) is 0 Å². The molecule has 60 heavy (non-hydrogen) atoms. The molecule has 0 aliphatic carbocycles. The zero-order valence-electron chi connectivity index (χ0n) is 36.3. The molecule has 0 bridgehead atoms. The van der Waals surface area contributed by atoms with Crippen LogP contribution in [-0.2, 0) is 20.1 Å². The number of para-hydroxylation sites is 5. The molecule has 1 aliphatic rings. The molecular weight excluding hydrogens is 925 g/mol. The normalized spacial score (nSPS) is 13.7. The number of aromatic nitrogens is 2. The van der Waals surface area contributed by atoms with E-state index in [1.807, 2.05) is 18.2 Å². The van der Waals surface area contributed by atoms with Crippen LogP contribution in [0.1, 0.15) is 87.7 Å². The van der Waals surface area contributed by atoms with Crippen LogP contribution in [-0.4, -0.2) is 17.6 Å². The monoisotopic (exact) mass is 980 g/mol. The smallest absolute Gasteiger partial charge is 0.661 e. The minimum Gasteiger partial charge on any atom is -0.661 e. The van der Waals surface area contributed by atoms with Crippen LogP contribution in [0.3, 0.4) is 0 Å². The van der Waals surface area contributed by atoms with E-state index in [2.05, 4.69) is 215 Å². The van der Waals surface area contributed by atoms with Crippen molar-refractivity contribution in [3.05, 3.63) is 185 Å². The Labute approximate surface area is 372 Å². The van der Waals surface area contributed by atoms with E-state index in [9.17, 15) is 0 Å². The Morgan fingerprint density at radius 1 is 0.633 bits per heavy atom. The first-order valence-electron chi connectivity index (χ1n) is 21.1. The fourth-order valence-corrected chi connectivity index (χ4v) is 10.2. The van der Waals surface area contributed by atoms with E-state index in [4.69, 9.17) is 5.32 Å². The van der Waals surface area contributed by atoms with Crippen molar-refractivity contribution in [2.45, 2.75) is 85.1 Å². The van der Waals surface area contributed by atoms with Crippen LogP contribution in [0, 0.1) is 12.1 Å². The van der Waals surface area contributed by atoms with Crippen molar-refractivity contribution in [2.24, 2.45) is 0 Å². The minimum atomic E-state index is -1.34. The molecule has 3 heterocycles. The van der Waals surface area contributed by atoms with Crippen LogP contribution in [0.4, 0.5) is 17.1 Å². The Kier molecular flexibility index (Phi) is 12.7. The first-order chi connectivity index (χ1) is 28.4. The van der Waals surface area contributed by atoms with Crippen molar-refractivity contribution >= 4 is 52.1 Å². The topological polar surface area (TPSA) is 35.2 Å². The summed E-state index contributed by atoms with van der Waals surface area (Å²) in [6.45, 7) is 20.8. The van der Waals surface area contributed by atoms with Crippen LogP contribution < -0.4 is 10.1 Å². The molecule has 0 fully saturated rings. The number of anilines is 2. The molecule has 6 heteroatoms. The molecule has 0 saturated carbocycles. The van der Waals surface area contributed by atoms with Crippen molar-refractivity contribution in [1.29, 1.82) is 0 Å². The summed E-state index contributed by atoms with van der Waals surface area (Å²) in [5.41, 5.74) is 14.3. The van der Waals surface area contributed by atoms with Crippen molar-refractivity contribution in [3.8, 4) is 16.9 Å². The van der Waals surface area contributed by atoms with Crippen LogP contribution in [0.2, 0.25) is 19.6 Å². The molecule has 8 aromatic rings. The molecule has 6 aromatic carbocycles. The molecule has 1 aliphatic heterocycles. The summed E-state index contributed by atoms with van der Waals surface area (Å²) in [6.07, 6.45) is 1.90. The van der Waals surface area contributed by atoms with Gasteiger partial charge in [-0.25, -0.2) is 0 Å². The van der Waals surface area contributed by atoms with Gasteiger partial charge in [-0.2, -0.15) is 23.8 Å². The van der Waals surface area contributed by atoms with Gasteiger partial charge in [0.05, 0.1) is 8.07 Å². The number of pyridine rings is 1. The Morgan fingerprint density at radius 2 is 1.28 bits per heavy atom. The van der Waals surface area contributed by atoms with E-state index in [1.54, 1.807) is 0 Å². The van der Waals surface area contributed by atoms with Crippen LogP contribution in [0.15, 0.2) is 146 Å². The molecular formula is C54H55IrN4Si. The summed E-state index contributed by atoms with van der Waals surface area (Å²) in [4.78, 5) is 7.13. The third kappa shape index (κ3) is 8.26. The second-order valence-corrected chi connectivity index (χ2v) is 22.7. The van der Waals surface area contributed by atoms with Gasteiger partial charge in [-0.1, -0.05) is 151 Å². The summed E-state index contributed by atoms with van der Waals surface area (Å²) in [7, 11) is -1.34. The maximum Gasteiger partial charge on any atom is 3.00 e. The fraction of sp³-hybridized carbons (Fsp3) is 0.241. The molecule has 4 nitrogen and oxygen atoms in total. The largest absolute Gasteiger partial charge is 3.00 e. The number of nitrogens with zero attached hydrogens (tertiary/aromatic N) is 4. The SMILES string of the molecule is CC(C)c1cc(-c2[c-]cccc2)ncc1[Si](C)(C)C.CC(C)c1cccc(C(C)C)c1N1c2ccccc2[N-]C1c1[c-]cc2c(c1)c1ccccc1n2-c1ccccc1.[Ir+3]. The third-order valence-corrected chi connectivity index (χ3v) is 13.5. The number of rotatable bonds is 8. The minimum absolute atomic E-state index is 0. The second kappa shape index (κ2) is 17.8. The van der Waals surface area contributed by atoms with Gasteiger partial charge in [0.1, 0.15) is 0 Å². The van der Waals surface area contributed by atoms with Crippen molar-refractivity contribution in [2.75, 3.05) is 4.90 Å². The predicted molar refractivity (Wildman–Crippen MR) is 254 cm³/mol. The van der Waals surface area contributed by atoms with Gasteiger partial charge in [-0.3, -0.25) is 0 Å². The summed E-state index contributed by atoms with van der Waals surface area (Å²) >= 11 is 0. The summed E-state index contributed by atoms with van der Waals surface area (Å²) in [5, 5.41) is 9.26. The third-order valence-electron chi connectivity index (χ3n) is 11.5.